The molecule has 112 valence electrons. The molecule has 1 aliphatic heterocycles. The van der Waals surface area contributed by atoms with Crippen molar-refractivity contribution < 1.29 is 4.42 Å². The Balaban J connectivity index is 2.25. The van der Waals surface area contributed by atoms with Crippen molar-refractivity contribution in [3.63, 3.8) is 0 Å². The van der Waals surface area contributed by atoms with Gasteiger partial charge in [-0.3, -0.25) is 0 Å². The first-order valence-electron chi connectivity index (χ1n) is 7.73. The number of hydrogen-bond donors (Lipinski definition) is 1. The summed E-state index contributed by atoms with van der Waals surface area (Å²) in [6.07, 6.45) is 1.97. The van der Waals surface area contributed by atoms with Crippen molar-refractivity contribution in [2.24, 2.45) is 0 Å². The Morgan fingerprint density at radius 1 is 1.29 bits per heavy atom. The second-order valence-electron chi connectivity index (χ2n) is 5.66. The van der Waals surface area contributed by atoms with Crippen LogP contribution in [0.1, 0.15) is 24.5 Å². The summed E-state index contributed by atoms with van der Waals surface area (Å²) in [5.41, 5.74) is 2.12. The smallest absolute Gasteiger partial charge is 0.345 e. The Labute approximate surface area is 124 Å². The molecule has 0 unspecified atom stereocenters. The van der Waals surface area contributed by atoms with Gasteiger partial charge in [0.05, 0.1) is 5.39 Å². The fourth-order valence-corrected chi connectivity index (χ4v) is 3.16. The number of hydrogen-bond acceptors (Lipinski definition) is 4. The van der Waals surface area contributed by atoms with E-state index < -0.39 is 0 Å². The standard InChI is InChI=1S/C17H22N2O2/c1-3-5-13-15-12(2)6-4-7-14(15)17(20)21-16(13)19-10-8-18-9-11-19/h4,6-7,18H,3,5,8-11H2,1-2H3. The molecule has 0 atom stereocenters. The van der Waals surface area contributed by atoms with Crippen LogP contribution in [0.3, 0.4) is 0 Å². The van der Waals surface area contributed by atoms with Gasteiger partial charge in [0, 0.05) is 37.1 Å². The van der Waals surface area contributed by atoms with E-state index in [0.29, 0.717) is 5.39 Å². The molecule has 4 nitrogen and oxygen atoms in total. The first kappa shape index (κ1) is 14.1. The van der Waals surface area contributed by atoms with E-state index in [0.717, 1.165) is 55.9 Å². The highest BCUT2D eigenvalue weighted by molar-refractivity contribution is 5.90. The van der Waals surface area contributed by atoms with E-state index in [1.54, 1.807) is 0 Å². The molecule has 1 aromatic carbocycles. The number of nitrogens with zero attached hydrogens (tertiary/aromatic N) is 1. The zero-order valence-corrected chi connectivity index (χ0v) is 12.7. The maximum atomic E-state index is 12.3. The Morgan fingerprint density at radius 2 is 2.05 bits per heavy atom. The van der Waals surface area contributed by atoms with Crippen LogP contribution < -0.4 is 15.8 Å². The van der Waals surface area contributed by atoms with Crippen LogP contribution in [-0.4, -0.2) is 26.2 Å². The van der Waals surface area contributed by atoms with Gasteiger partial charge >= 0.3 is 5.63 Å². The third kappa shape index (κ3) is 2.56. The third-order valence-corrected chi connectivity index (χ3v) is 4.15. The molecule has 0 bridgehead atoms. The zero-order chi connectivity index (χ0) is 14.8. The Kier molecular flexibility index (Phi) is 3.97. The molecule has 1 aromatic heterocycles. The topological polar surface area (TPSA) is 45.5 Å². The molecule has 4 heteroatoms. The van der Waals surface area contributed by atoms with Gasteiger partial charge in [0.1, 0.15) is 0 Å². The van der Waals surface area contributed by atoms with Crippen molar-refractivity contribution in [1.29, 1.82) is 0 Å². The molecule has 3 rings (SSSR count). The molecule has 21 heavy (non-hydrogen) atoms. The molecular weight excluding hydrogens is 264 g/mol. The monoisotopic (exact) mass is 286 g/mol. The number of anilines is 1. The minimum Gasteiger partial charge on any atom is -0.406 e. The summed E-state index contributed by atoms with van der Waals surface area (Å²) < 4.78 is 5.71. The second kappa shape index (κ2) is 5.90. The van der Waals surface area contributed by atoms with Crippen LogP contribution in [0.2, 0.25) is 0 Å². The minimum absolute atomic E-state index is 0.220. The van der Waals surface area contributed by atoms with E-state index in [4.69, 9.17) is 4.42 Å². The fourth-order valence-electron chi connectivity index (χ4n) is 3.16. The van der Waals surface area contributed by atoms with Crippen LogP contribution in [0.15, 0.2) is 27.4 Å². The largest absolute Gasteiger partial charge is 0.406 e. The third-order valence-electron chi connectivity index (χ3n) is 4.15. The Hall–Kier alpha value is -1.81. The van der Waals surface area contributed by atoms with Crippen LogP contribution in [-0.2, 0) is 6.42 Å². The van der Waals surface area contributed by atoms with Crippen LogP contribution in [0.4, 0.5) is 5.88 Å². The highest BCUT2D eigenvalue weighted by Crippen LogP contribution is 2.30. The zero-order valence-electron chi connectivity index (χ0n) is 12.7. The number of nitrogens with one attached hydrogen (secondary N) is 1. The van der Waals surface area contributed by atoms with Crippen LogP contribution in [0, 0.1) is 6.92 Å². The number of fused-ring (bicyclic) bond motifs is 1. The molecule has 1 aliphatic rings. The molecule has 2 heterocycles. The number of rotatable bonds is 3. The molecular formula is C17H22N2O2. The molecule has 1 fully saturated rings. The van der Waals surface area contributed by atoms with E-state index in [1.807, 2.05) is 12.1 Å². The van der Waals surface area contributed by atoms with E-state index in [9.17, 15) is 4.79 Å². The molecule has 1 saturated heterocycles. The summed E-state index contributed by atoms with van der Waals surface area (Å²) >= 11 is 0. The molecule has 0 saturated carbocycles. The summed E-state index contributed by atoms with van der Waals surface area (Å²) in [5, 5.41) is 5.13. The van der Waals surface area contributed by atoms with E-state index in [1.165, 1.54) is 5.56 Å². The van der Waals surface area contributed by atoms with Gasteiger partial charge in [-0.05, 0) is 25.0 Å². The molecule has 0 radical (unpaired) electrons. The predicted molar refractivity (Wildman–Crippen MR) is 86.3 cm³/mol. The van der Waals surface area contributed by atoms with Gasteiger partial charge in [0.15, 0.2) is 0 Å². The molecule has 2 aromatic rings. The number of aryl methyl sites for hydroxylation is 2. The van der Waals surface area contributed by atoms with Gasteiger partial charge in [0.2, 0.25) is 5.88 Å². The van der Waals surface area contributed by atoms with Gasteiger partial charge in [-0.2, -0.15) is 0 Å². The van der Waals surface area contributed by atoms with Crippen molar-refractivity contribution in [3.05, 3.63) is 39.7 Å². The second-order valence-corrected chi connectivity index (χ2v) is 5.66. The molecule has 0 aliphatic carbocycles. The maximum absolute atomic E-state index is 12.3. The highest BCUT2D eigenvalue weighted by Gasteiger charge is 2.21. The Bertz CT molecular complexity index is 700. The lowest BCUT2D eigenvalue weighted by Crippen LogP contribution is -2.44. The molecule has 1 N–H and O–H groups in total. The minimum atomic E-state index is -0.220. The molecule has 0 amide bonds. The average molecular weight is 286 g/mol. The van der Waals surface area contributed by atoms with Crippen LogP contribution in [0.5, 0.6) is 0 Å². The van der Waals surface area contributed by atoms with Gasteiger partial charge in [0.25, 0.3) is 0 Å². The number of benzene rings is 1. The predicted octanol–water partition coefficient (Wildman–Crippen LogP) is 2.46. The summed E-state index contributed by atoms with van der Waals surface area (Å²) in [5.74, 6) is 0.783. The van der Waals surface area contributed by atoms with E-state index in [2.05, 4.69) is 30.1 Å². The maximum Gasteiger partial charge on any atom is 0.345 e. The summed E-state index contributed by atoms with van der Waals surface area (Å²) in [7, 11) is 0. The highest BCUT2D eigenvalue weighted by atomic mass is 16.4. The number of piperazine rings is 1. The van der Waals surface area contributed by atoms with Crippen molar-refractivity contribution in [2.45, 2.75) is 26.7 Å². The van der Waals surface area contributed by atoms with Crippen molar-refractivity contribution in [1.82, 2.24) is 5.32 Å². The van der Waals surface area contributed by atoms with Crippen LogP contribution >= 0.6 is 0 Å². The van der Waals surface area contributed by atoms with Gasteiger partial charge < -0.3 is 14.6 Å². The van der Waals surface area contributed by atoms with Gasteiger partial charge in [-0.1, -0.05) is 25.5 Å². The normalized spacial score (nSPS) is 15.6. The lowest BCUT2D eigenvalue weighted by molar-refractivity contribution is 0.474. The Morgan fingerprint density at radius 3 is 2.76 bits per heavy atom. The average Bonchev–Trinajstić information content (AvgIpc) is 2.51. The lowest BCUT2D eigenvalue weighted by Gasteiger charge is -2.29. The SMILES string of the molecule is CCCc1c(N2CCNCC2)oc(=O)c2cccc(C)c12. The quantitative estimate of drug-likeness (QED) is 0.941. The van der Waals surface area contributed by atoms with Gasteiger partial charge in [-0.15, -0.1) is 0 Å². The van der Waals surface area contributed by atoms with E-state index in [-0.39, 0.29) is 5.63 Å². The van der Waals surface area contributed by atoms with Crippen molar-refractivity contribution >= 4 is 16.7 Å². The summed E-state index contributed by atoms with van der Waals surface area (Å²) in [6.45, 7) is 7.87. The van der Waals surface area contributed by atoms with Gasteiger partial charge in [-0.25, -0.2) is 4.79 Å². The summed E-state index contributed by atoms with van der Waals surface area (Å²) in [6, 6.07) is 5.87. The van der Waals surface area contributed by atoms with Crippen LogP contribution in [0.25, 0.3) is 10.8 Å². The molecule has 0 spiro atoms. The summed E-state index contributed by atoms with van der Waals surface area (Å²) in [4.78, 5) is 14.5. The lowest BCUT2D eigenvalue weighted by atomic mass is 9.99. The van der Waals surface area contributed by atoms with E-state index >= 15 is 0 Å². The van der Waals surface area contributed by atoms with Crippen molar-refractivity contribution in [3.8, 4) is 0 Å². The fraction of sp³-hybridized carbons (Fsp3) is 0.471. The first-order chi connectivity index (χ1) is 10.2. The van der Waals surface area contributed by atoms with Crippen molar-refractivity contribution in [2.75, 3.05) is 31.1 Å². The first-order valence-corrected chi connectivity index (χ1v) is 7.73.